The lowest BCUT2D eigenvalue weighted by atomic mass is 9.49. The summed E-state index contributed by atoms with van der Waals surface area (Å²) in [5.74, 6) is 1.60. The fourth-order valence-electron chi connectivity index (χ4n) is 6.77. The Morgan fingerprint density at radius 3 is 2.26 bits per heavy atom. The number of carbonyl (C=O) groups excluding carboxylic acids is 2. The fraction of sp³-hybridized carbons (Fsp3) is 0.667. The summed E-state index contributed by atoms with van der Waals surface area (Å²) in [6, 6.07) is 7.96. The summed E-state index contributed by atoms with van der Waals surface area (Å²) >= 11 is 6.84. The molecular weight excluding hydrogens is 416 g/mol. The van der Waals surface area contributed by atoms with Gasteiger partial charge in [0.25, 0.3) is 5.91 Å². The van der Waals surface area contributed by atoms with Crippen LogP contribution < -0.4 is 9.64 Å². The zero-order valence-electron chi connectivity index (χ0n) is 18.1. The Labute approximate surface area is 188 Å². The van der Waals surface area contributed by atoms with Crippen LogP contribution in [0.5, 0.6) is 5.75 Å². The molecule has 1 heterocycles. The van der Waals surface area contributed by atoms with Gasteiger partial charge in [-0.05, 0) is 74.6 Å². The number of alkyl halides is 1. The van der Waals surface area contributed by atoms with Crippen molar-refractivity contribution >= 4 is 29.2 Å². The Balaban J connectivity index is 1.13. The Bertz CT molecular complexity index is 836. The van der Waals surface area contributed by atoms with Gasteiger partial charge in [0.2, 0.25) is 0 Å². The van der Waals surface area contributed by atoms with E-state index in [1.54, 1.807) is 12.0 Å². The Hall–Kier alpha value is -1.95. The molecule has 5 fully saturated rings. The Morgan fingerprint density at radius 1 is 1.03 bits per heavy atom. The fourth-order valence-corrected chi connectivity index (χ4v) is 7.46. The van der Waals surface area contributed by atoms with Gasteiger partial charge in [-0.1, -0.05) is 0 Å². The molecule has 1 aromatic carbocycles. The highest BCUT2D eigenvalue weighted by molar-refractivity contribution is 6.24. The van der Waals surface area contributed by atoms with Gasteiger partial charge in [-0.25, -0.2) is 0 Å². The number of amides is 1. The molecule has 0 radical (unpaired) electrons. The van der Waals surface area contributed by atoms with Crippen LogP contribution in [0.15, 0.2) is 24.3 Å². The van der Waals surface area contributed by atoms with Gasteiger partial charge in [0, 0.05) is 36.7 Å². The van der Waals surface area contributed by atoms with Crippen molar-refractivity contribution in [3.63, 3.8) is 0 Å². The summed E-state index contributed by atoms with van der Waals surface area (Å²) in [4.78, 5) is 29.6. The van der Waals surface area contributed by atoms with E-state index in [9.17, 15) is 9.59 Å². The maximum Gasteiger partial charge on any atom is 0.312 e. The lowest BCUT2D eigenvalue weighted by Crippen LogP contribution is -2.56. The maximum absolute atomic E-state index is 13.0. The summed E-state index contributed by atoms with van der Waals surface area (Å²) in [7, 11) is 1.66. The first-order chi connectivity index (χ1) is 14.9. The molecule has 0 aromatic heterocycles. The number of hydrogen-bond acceptors (Lipinski definition) is 5. The SMILES string of the molecule is COc1ccc(N2CCN(C(=O)COC(=O)C34CC5CC(CC(Cl)(C5)C3)C4)CC2)cc1. The van der Waals surface area contributed by atoms with Crippen molar-refractivity contribution in [3.05, 3.63) is 24.3 Å². The molecule has 4 aliphatic carbocycles. The van der Waals surface area contributed by atoms with Crippen LogP contribution in [-0.4, -0.2) is 61.5 Å². The van der Waals surface area contributed by atoms with Crippen LogP contribution in [0.25, 0.3) is 0 Å². The molecule has 1 aliphatic heterocycles. The number of rotatable bonds is 5. The molecular formula is C24H31ClN2O4. The van der Waals surface area contributed by atoms with Gasteiger partial charge in [0.15, 0.2) is 6.61 Å². The molecule has 168 valence electrons. The van der Waals surface area contributed by atoms with E-state index in [2.05, 4.69) is 4.90 Å². The van der Waals surface area contributed by atoms with E-state index in [-0.39, 0.29) is 23.4 Å². The van der Waals surface area contributed by atoms with E-state index >= 15 is 0 Å². The van der Waals surface area contributed by atoms with Crippen molar-refractivity contribution in [2.45, 2.75) is 43.4 Å². The van der Waals surface area contributed by atoms with E-state index in [1.165, 1.54) is 6.42 Å². The van der Waals surface area contributed by atoms with Crippen LogP contribution in [0.4, 0.5) is 5.69 Å². The van der Waals surface area contributed by atoms with Gasteiger partial charge in [-0.2, -0.15) is 0 Å². The van der Waals surface area contributed by atoms with Crippen LogP contribution in [0, 0.1) is 17.3 Å². The Morgan fingerprint density at radius 2 is 1.68 bits per heavy atom. The highest BCUT2D eigenvalue weighted by Crippen LogP contribution is 2.64. The lowest BCUT2D eigenvalue weighted by Gasteiger charge is -2.58. The molecule has 4 bridgehead atoms. The van der Waals surface area contributed by atoms with Gasteiger partial charge in [-0.15, -0.1) is 11.6 Å². The molecule has 7 heteroatoms. The molecule has 2 unspecified atom stereocenters. The van der Waals surface area contributed by atoms with Crippen LogP contribution >= 0.6 is 11.6 Å². The molecule has 0 N–H and O–H groups in total. The van der Waals surface area contributed by atoms with Crippen LogP contribution in [0.3, 0.4) is 0 Å². The van der Waals surface area contributed by atoms with E-state index in [1.807, 2.05) is 24.3 Å². The average Bonchev–Trinajstić information content (AvgIpc) is 2.75. The first kappa shape index (κ1) is 20.9. The number of carbonyl (C=O) groups is 2. The molecule has 1 saturated heterocycles. The van der Waals surface area contributed by atoms with Crippen molar-refractivity contribution in [1.82, 2.24) is 4.90 Å². The molecule has 1 amide bonds. The average molecular weight is 447 g/mol. The largest absolute Gasteiger partial charge is 0.497 e. The van der Waals surface area contributed by atoms with Gasteiger partial charge < -0.3 is 19.3 Å². The molecule has 2 atom stereocenters. The summed E-state index contributed by atoms with van der Waals surface area (Å²) < 4.78 is 10.8. The number of esters is 1. The molecule has 4 saturated carbocycles. The van der Waals surface area contributed by atoms with E-state index in [0.717, 1.165) is 50.2 Å². The van der Waals surface area contributed by atoms with E-state index < -0.39 is 5.41 Å². The standard InChI is InChI=1S/C24H31ClN2O4/c1-30-20-4-2-19(3-5-20)26-6-8-27(9-7-26)21(28)15-31-22(29)23-11-17-10-18(12-23)14-24(25,13-17)16-23/h2-5,17-18H,6-16H2,1H3. The molecule has 6 rings (SSSR count). The number of nitrogens with zero attached hydrogens (tertiary/aromatic N) is 2. The number of ether oxygens (including phenoxy) is 2. The summed E-state index contributed by atoms with van der Waals surface area (Å²) in [5.41, 5.74) is 0.662. The van der Waals surface area contributed by atoms with Crippen LogP contribution in [0.1, 0.15) is 38.5 Å². The Kier molecular flexibility index (Phi) is 5.32. The second-order valence-electron chi connectivity index (χ2n) is 10.0. The summed E-state index contributed by atoms with van der Waals surface area (Å²) in [6.45, 7) is 2.61. The van der Waals surface area contributed by atoms with Gasteiger partial charge in [0.1, 0.15) is 5.75 Å². The third-order valence-electron chi connectivity index (χ3n) is 7.82. The molecule has 6 nitrogen and oxygen atoms in total. The van der Waals surface area contributed by atoms with Crippen molar-refractivity contribution in [1.29, 1.82) is 0 Å². The first-order valence-corrected chi connectivity index (χ1v) is 11.8. The van der Waals surface area contributed by atoms with E-state index in [0.29, 0.717) is 31.3 Å². The number of piperazine rings is 1. The minimum atomic E-state index is -0.459. The second kappa shape index (κ2) is 7.88. The van der Waals surface area contributed by atoms with Gasteiger partial charge >= 0.3 is 5.97 Å². The van der Waals surface area contributed by atoms with Crippen molar-refractivity contribution in [3.8, 4) is 5.75 Å². The number of halogens is 1. The zero-order chi connectivity index (χ0) is 21.6. The minimum Gasteiger partial charge on any atom is -0.497 e. The van der Waals surface area contributed by atoms with Crippen molar-refractivity contribution in [2.75, 3.05) is 44.8 Å². The van der Waals surface area contributed by atoms with Gasteiger partial charge in [0.05, 0.1) is 12.5 Å². The number of methoxy groups -OCH3 is 1. The number of hydrogen-bond donors (Lipinski definition) is 0. The van der Waals surface area contributed by atoms with Crippen molar-refractivity contribution < 1.29 is 19.1 Å². The first-order valence-electron chi connectivity index (χ1n) is 11.4. The highest BCUT2D eigenvalue weighted by atomic mass is 35.5. The molecule has 0 spiro atoms. The topological polar surface area (TPSA) is 59.1 Å². The third kappa shape index (κ3) is 3.99. The predicted molar refractivity (Wildman–Crippen MR) is 118 cm³/mol. The van der Waals surface area contributed by atoms with Crippen molar-refractivity contribution in [2.24, 2.45) is 17.3 Å². The predicted octanol–water partition coefficient (Wildman–Crippen LogP) is 3.46. The normalized spacial score (nSPS) is 34.0. The minimum absolute atomic E-state index is 0.104. The smallest absolute Gasteiger partial charge is 0.312 e. The zero-order valence-corrected chi connectivity index (χ0v) is 18.9. The summed E-state index contributed by atoms with van der Waals surface area (Å²) in [5, 5.41) is 0. The molecule has 5 aliphatic rings. The second-order valence-corrected chi connectivity index (χ2v) is 10.8. The summed E-state index contributed by atoms with van der Waals surface area (Å²) in [6.07, 6.45) is 5.72. The molecule has 31 heavy (non-hydrogen) atoms. The maximum atomic E-state index is 13.0. The highest BCUT2D eigenvalue weighted by Gasteiger charge is 2.60. The number of anilines is 1. The molecule has 1 aromatic rings. The monoisotopic (exact) mass is 446 g/mol. The van der Waals surface area contributed by atoms with E-state index in [4.69, 9.17) is 21.1 Å². The quantitative estimate of drug-likeness (QED) is 0.512. The lowest BCUT2D eigenvalue weighted by molar-refractivity contribution is -0.173. The van der Waals surface area contributed by atoms with Crippen LogP contribution in [-0.2, 0) is 14.3 Å². The van der Waals surface area contributed by atoms with Gasteiger partial charge in [-0.3, -0.25) is 9.59 Å². The third-order valence-corrected chi connectivity index (χ3v) is 8.26. The van der Waals surface area contributed by atoms with Crippen LogP contribution in [0.2, 0.25) is 0 Å². The number of benzene rings is 1.